The number of hydrogen-bond acceptors (Lipinski definition) is 3. The van der Waals surface area contributed by atoms with E-state index in [9.17, 15) is 0 Å². The molecule has 1 aromatic heterocycles. The first-order valence-corrected chi connectivity index (χ1v) is 11.2. The van der Waals surface area contributed by atoms with E-state index in [1.165, 1.54) is 42.4 Å². The fourth-order valence-corrected chi connectivity index (χ4v) is 4.84. The van der Waals surface area contributed by atoms with Gasteiger partial charge in [-0.1, -0.05) is 45.3 Å². The number of imidazole rings is 1. The molecular formula is C25H35N3O. The molecule has 0 unspecified atom stereocenters. The molecule has 0 saturated heterocycles. The Kier molecular flexibility index (Phi) is 5.82. The van der Waals surface area contributed by atoms with E-state index in [4.69, 9.17) is 10.5 Å². The molecule has 4 nitrogen and oxygen atoms in total. The molecule has 1 fully saturated rings. The van der Waals surface area contributed by atoms with Crippen LogP contribution in [0, 0.1) is 5.41 Å². The summed E-state index contributed by atoms with van der Waals surface area (Å²) in [5, 5.41) is 0. The van der Waals surface area contributed by atoms with Gasteiger partial charge in [0.15, 0.2) is 0 Å². The third-order valence-corrected chi connectivity index (χ3v) is 6.85. The molecule has 0 radical (unpaired) electrons. The number of hydrogen-bond donors (Lipinski definition) is 1. The van der Waals surface area contributed by atoms with Gasteiger partial charge in [-0.3, -0.25) is 0 Å². The Bertz CT molecular complexity index is 845. The number of nitrogens with two attached hydrogens (primary N) is 1. The molecular weight excluding hydrogens is 358 g/mol. The Hall–Kier alpha value is -2.07. The van der Waals surface area contributed by atoms with Crippen molar-refractivity contribution in [1.82, 2.24) is 9.55 Å². The van der Waals surface area contributed by atoms with Crippen LogP contribution in [0.15, 0.2) is 43.0 Å². The van der Waals surface area contributed by atoms with Crippen molar-refractivity contribution in [3.8, 4) is 0 Å². The second kappa shape index (κ2) is 8.35. The molecule has 156 valence electrons. The molecule has 2 aliphatic rings. The Morgan fingerprint density at radius 2 is 1.97 bits per heavy atom. The van der Waals surface area contributed by atoms with E-state index in [2.05, 4.69) is 47.7 Å². The van der Waals surface area contributed by atoms with Gasteiger partial charge in [0.05, 0.1) is 18.5 Å². The highest BCUT2D eigenvalue weighted by molar-refractivity contribution is 5.76. The van der Waals surface area contributed by atoms with Gasteiger partial charge in [-0.2, -0.15) is 0 Å². The van der Waals surface area contributed by atoms with E-state index in [0.717, 1.165) is 37.9 Å². The van der Waals surface area contributed by atoms with Crippen molar-refractivity contribution in [3.63, 3.8) is 0 Å². The highest BCUT2D eigenvalue weighted by atomic mass is 16.5. The number of ether oxygens (including phenoxy) is 1. The first kappa shape index (κ1) is 20.2. The molecule has 1 saturated carbocycles. The predicted octanol–water partition coefficient (Wildman–Crippen LogP) is 5.94. The summed E-state index contributed by atoms with van der Waals surface area (Å²) in [6, 6.07) is 6.64. The van der Waals surface area contributed by atoms with Crippen molar-refractivity contribution >= 4 is 11.3 Å². The Morgan fingerprint density at radius 3 is 2.66 bits per heavy atom. The average molecular weight is 394 g/mol. The molecule has 0 amide bonds. The lowest BCUT2D eigenvalue weighted by Gasteiger charge is -2.38. The SMILES string of the molecule is CC1(C)CC=C(c2cc(C3(OCCn4ccnc4)CCCCC3)ccc2N)CC1. The van der Waals surface area contributed by atoms with Crippen molar-refractivity contribution < 1.29 is 4.74 Å². The summed E-state index contributed by atoms with van der Waals surface area (Å²) in [7, 11) is 0. The van der Waals surface area contributed by atoms with Crippen LogP contribution in [0.1, 0.15) is 76.3 Å². The normalized spacial score (nSPS) is 21.0. The highest BCUT2D eigenvalue weighted by Gasteiger charge is 2.35. The number of allylic oxidation sites excluding steroid dienone is 2. The minimum atomic E-state index is -0.185. The first-order chi connectivity index (χ1) is 14.0. The van der Waals surface area contributed by atoms with Crippen molar-refractivity contribution in [3.05, 3.63) is 54.1 Å². The fraction of sp³-hybridized carbons (Fsp3) is 0.560. The molecule has 0 spiro atoms. The van der Waals surface area contributed by atoms with E-state index < -0.39 is 0 Å². The number of nitrogens with zero attached hydrogens (tertiary/aromatic N) is 2. The Balaban J connectivity index is 1.58. The maximum absolute atomic E-state index is 6.64. The zero-order chi connectivity index (χ0) is 20.3. The van der Waals surface area contributed by atoms with E-state index >= 15 is 0 Å². The quantitative estimate of drug-likeness (QED) is 0.618. The predicted molar refractivity (Wildman–Crippen MR) is 119 cm³/mol. The average Bonchev–Trinajstić information content (AvgIpc) is 3.23. The summed E-state index contributed by atoms with van der Waals surface area (Å²) in [5.74, 6) is 0. The monoisotopic (exact) mass is 393 g/mol. The number of aromatic nitrogens is 2. The van der Waals surface area contributed by atoms with Crippen LogP contribution < -0.4 is 5.73 Å². The molecule has 1 aromatic carbocycles. The molecule has 0 bridgehead atoms. The fourth-order valence-electron chi connectivity index (χ4n) is 4.84. The van der Waals surface area contributed by atoms with Crippen LogP contribution in [-0.4, -0.2) is 16.2 Å². The number of nitrogen functional groups attached to an aromatic ring is 1. The van der Waals surface area contributed by atoms with Gasteiger partial charge in [-0.25, -0.2) is 4.98 Å². The smallest absolute Gasteiger partial charge is 0.0946 e. The zero-order valence-corrected chi connectivity index (χ0v) is 18.0. The van der Waals surface area contributed by atoms with Crippen LogP contribution in [0.5, 0.6) is 0 Å². The Morgan fingerprint density at radius 1 is 1.14 bits per heavy atom. The van der Waals surface area contributed by atoms with E-state index in [-0.39, 0.29) is 5.60 Å². The van der Waals surface area contributed by atoms with Crippen molar-refractivity contribution in [2.45, 2.75) is 77.4 Å². The summed E-state index contributed by atoms with van der Waals surface area (Å²) in [6.07, 6.45) is 17.5. The van der Waals surface area contributed by atoms with Crippen LogP contribution in [0.4, 0.5) is 5.69 Å². The second-order valence-electron chi connectivity index (χ2n) is 9.60. The van der Waals surface area contributed by atoms with Gasteiger partial charge in [0.1, 0.15) is 0 Å². The third kappa shape index (κ3) is 4.58. The van der Waals surface area contributed by atoms with Gasteiger partial charge >= 0.3 is 0 Å². The van der Waals surface area contributed by atoms with Crippen LogP contribution in [0.3, 0.4) is 0 Å². The van der Waals surface area contributed by atoms with Gasteiger partial charge in [-0.15, -0.1) is 0 Å². The van der Waals surface area contributed by atoms with E-state index in [1.807, 2.05) is 18.7 Å². The largest absolute Gasteiger partial charge is 0.398 e. The van der Waals surface area contributed by atoms with Gasteiger partial charge < -0.3 is 15.0 Å². The molecule has 4 rings (SSSR count). The second-order valence-corrected chi connectivity index (χ2v) is 9.60. The topological polar surface area (TPSA) is 53.1 Å². The van der Waals surface area contributed by atoms with Crippen LogP contribution in [0.2, 0.25) is 0 Å². The summed E-state index contributed by atoms with van der Waals surface area (Å²) in [4.78, 5) is 4.13. The van der Waals surface area contributed by atoms with Crippen molar-refractivity contribution in [2.75, 3.05) is 12.3 Å². The standard InChI is InChI=1S/C25H35N3O/c1-24(2)12-8-20(9-13-24)22-18-21(6-7-23(22)26)25(10-4-3-5-11-25)29-17-16-28-15-14-27-19-28/h6-8,14-15,18-19H,3-5,9-13,16-17,26H2,1-2H3. The summed E-state index contributed by atoms with van der Waals surface area (Å²) in [6.45, 7) is 6.24. The van der Waals surface area contributed by atoms with Crippen LogP contribution in [0.25, 0.3) is 5.57 Å². The number of benzene rings is 1. The highest BCUT2D eigenvalue weighted by Crippen LogP contribution is 2.44. The lowest BCUT2D eigenvalue weighted by molar-refractivity contribution is -0.0787. The van der Waals surface area contributed by atoms with Crippen LogP contribution in [-0.2, 0) is 16.9 Å². The van der Waals surface area contributed by atoms with Crippen molar-refractivity contribution in [2.24, 2.45) is 5.41 Å². The molecule has 2 N–H and O–H groups in total. The molecule has 29 heavy (non-hydrogen) atoms. The van der Waals surface area contributed by atoms with Gasteiger partial charge in [0.2, 0.25) is 0 Å². The van der Waals surface area contributed by atoms with Gasteiger partial charge in [0, 0.05) is 30.2 Å². The minimum Gasteiger partial charge on any atom is -0.398 e. The van der Waals surface area contributed by atoms with Crippen molar-refractivity contribution in [1.29, 1.82) is 0 Å². The molecule has 2 aliphatic carbocycles. The third-order valence-electron chi connectivity index (χ3n) is 6.85. The molecule has 4 heteroatoms. The lowest BCUT2D eigenvalue weighted by Crippen LogP contribution is -2.33. The molecule has 0 atom stereocenters. The van der Waals surface area contributed by atoms with Gasteiger partial charge in [-0.05, 0) is 60.8 Å². The van der Waals surface area contributed by atoms with E-state index in [1.54, 1.807) is 0 Å². The lowest BCUT2D eigenvalue weighted by atomic mass is 9.75. The summed E-state index contributed by atoms with van der Waals surface area (Å²) < 4.78 is 8.72. The molecule has 1 heterocycles. The van der Waals surface area contributed by atoms with Crippen LogP contribution >= 0.6 is 0 Å². The summed E-state index contributed by atoms with van der Waals surface area (Å²) in [5.41, 5.74) is 11.5. The molecule has 0 aliphatic heterocycles. The first-order valence-electron chi connectivity index (χ1n) is 11.2. The number of rotatable bonds is 6. The van der Waals surface area contributed by atoms with Gasteiger partial charge in [0.25, 0.3) is 0 Å². The minimum absolute atomic E-state index is 0.185. The summed E-state index contributed by atoms with van der Waals surface area (Å²) >= 11 is 0. The zero-order valence-electron chi connectivity index (χ0n) is 18.0. The van der Waals surface area contributed by atoms with E-state index in [0.29, 0.717) is 12.0 Å². The maximum Gasteiger partial charge on any atom is 0.0946 e. The molecule has 2 aromatic rings. The maximum atomic E-state index is 6.64. The number of anilines is 1. The Labute approximate surface area is 175 Å².